The lowest BCUT2D eigenvalue weighted by Crippen LogP contribution is -2.05. The molecule has 0 aliphatic carbocycles. The third-order valence-corrected chi connectivity index (χ3v) is 3.96. The van der Waals surface area contributed by atoms with Gasteiger partial charge in [0.15, 0.2) is 4.96 Å². The van der Waals surface area contributed by atoms with Gasteiger partial charge in [-0.15, -0.1) is 11.3 Å². The van der Waals surface area contributed by atoms with Crippen LogP contribution in [0.25, 0.3) is 4.96 Å². The highest BCUT2D eigenvalue weighted by molar-refractivity contribution is 7.15. The smallest absolute Gasteiger partial charge is 0.193 e. The summed E-state index contributed by atoms with van der Waals surface area (Å²) in [5.41, 5.74) is 10.0. The lowest BCUT2D eigenvalue weighted by atomic mass is 10.2. The number of fused-ring (bicyclic) bond motifs is 1. The molecule has 0 aliphatic heterocycles. The molecular weight excluding hydrogens is 246 g/mol. The average Bonchev–Trinajstić information content (AvgIpc) is 2.95. The van der Waals surface area contributed by atoms with Crippen molar-refractivity contribution in [3.63, 3.8) is 0 Å². The molecular formula is C12H15N5S. The van der Waals surface area contributed by atoms with Crippen LogP contribution in [0.2, 0.25) is 0 Å². The molecule has 5 nitrogen and oxygen atoms in total. The van der Waals surface area contributed by atoms with Gasteiger partial charge in [0.1, 0.15) is 0 Å². The Balaban J connectivity index is 1.94. The van der Waals surface area contributed by atoms with Crippen molar-refractivity contribution in [2.24, 2.45) is 5.73 Å². The van der Waals surface area contributed by atoms with Gasteiger partial charge in [0.2, 0.25) is 0 Å². The highest BCUT2D eigenvalue weighted by Gasteiger charge is 2.11. The minimum Gasteiger partial charge on any atom is -0.326 e. The number of aromatic nitrogens is 4. The fourth-order valence-corrected chi connectivity index (χ4v) is 2.91. The molecule has 3 heterocycles. The first-order valence-corrected chi connectivity index (χ1v) is 6.71. The van der Waals surface area contributed by atoms with Gasteiger partial charge in [-0.1, -0.05) is 0 Å². The van der Waals surface area contributed by atoms with Crippen molar-refractivity contribution in [1.29, 1.82) is 0 Å². The van der Waals surface area contributed by atoms with E-state index in [0.717, 1.165) is 27.6 Å². The van der Waals surface area contributed by atoms with Crippen molar-refractivity contribution < 1.29 is 0 Å². The summed E-state index contributed by atoms with van der Waals surface area (Å²) in [5.74, 6) is 0. The number of imidazole rings is 1. The van der Waals surface area contributed by atoms with Gasteiger partial charge in [-0.05, 0) is 13.8 Å². The summed E-state index contributed by atoms with van der Waals surface area (Å²) in [6.07, 6.45) is 4.06. The summed E-state index contributed by atoms with van der Waals surface area (Å²) < 4.78 is 4.01. The zero-order valence-corrected chi connectivity index (χ0v) is 11.2. The zero-order valence-electron chi connectivity index (χ0n) is 10.4. The fourth-order valence-electron chi connectivity index (χ4n) is 2.19. The van der Waals surface area contributed by atoms with E-state index in [9.17, 15) is 0 Å². The number of aryl methyl sites for hydroxylation is 1. The summed E-state index contributed by atoms with van der Waals surface area (Å²) in [5, 5.41) is 6.55. The Labute approximate surface area is 109 Å². The Kier molecular flexibility index (Phi) is 2.68. The molecule has 3 aromatic rings. The second kappa shape index (κ2) is 4.22. The first-order valence-electron chi connectivity index (χ1n) is 5.83. The van der Waals surface area contributed by atoms with Gasteiger partial charge in [0.05, 0.1) is 17.9 Å². The average molecular weight is 261 g/mol. The minimum absolute atomic E-state index is 0.538. The van der Waals surface area contributed by atoms with E-state index in [4.69, 9.17) is 5.73 Å². The van der Waals surface area contributed by atoms with Crippen LogP contribution in [0.1, 0.15) is 22.6 Å². The summed E-state index contributed by atoms with van der Waals surface area (Å²) >= 11 is 1.64. The van der Waals surface area contributed by atoms with Crippen LogP contribution in [-0.2, 0) is 13.1 Å². The van der Waals surface area contributed by atoms with Crippen LogP contribution >= 0.6 is 11.3 Å². The molecule has 18 heavy (non-hydrogen) atoms. The lowest BCUT2D eigenvalue weighted by Gasteiger charge is -2.02. The molecule has 3 rings (SSSR count). The van der Waals surface area contributed by atoms with E-state index in [1.807, 2.05) is 33.8 Å². The van der Waals surface area contributed by atoms with E-state index >= 15 is 0 Å². The number of nitrogens with zero attached hydrogens (tertiary/aromatic N) is 4. The van der Waals surface area contributed by atoms with E-state index < -0.39 is 0 Å². The first-order chi connectivity index (χ1) is 8.69. The number of thiazole rings is 1. The third-order valence-electron chi connectivity index (χ3n) is 3.19. The third kappa shape index (κ3) is 1.74. The van der Waals surface area contributed by atoms with E-state index in [2.05, 4.69) is 17.0 Å². The maximum atomic E-state index is 5.73. The Bertz CT molecular complexity index is 662. The molecule has 0 unspecified atom stereocenters. The second-order valence-corrected chi connectivity index (χ2v) is 5.21. The molecule has 0 bridgehead atoms. The molecule has 6 heteroatoms. The van der Waals surface area contributed by atoms with E-state index in [1.165, 1.54) is 0 Å². The van der Waals surface area contributed by atoms with Gasteiger partial charge in [-0.25, -0.2) is 4.98 Å². The molecule has 0 atom stereocenters. The van der Waals surface area contributed by atoms with Gasteiger partial charge in [-0.3, -0.25) is 9.08 Å². The molecule has 94 valence electrons. The molecule has 2 N–H and O–H groups in total. The van der Waals surface area contributed by atoms with Crippen molar-refractivity contribution in [3.05, 3.63) is 40.4 Å². The van der Waals surface area contributed by atoms with Crippen LogP contribution in [0.4, 0.5) is 0 Å². The van der Waals surface area contributed by atoms with Gasteiger partial charge in [-0.2, -0.15) is 5.10 Å². The van der Waals surface area contributed by atoms with E-state index in [1.54, 1.807) is 11.3 Å². The summed E-state index contributed by atoms with van der Waals surface area (Å²) in [7, 11) is 0. The summed E-state index contributed by atoms with van der Waals surface area (Å²) in [4.78, 5) is 5.58. The minimum atomic E-state index is 0.538. The number of hydrogen-bond donors (Lipinski definition) is 1. The van der Waals surface area contributed by atoms with Gasteiger partial charge in [0, 0.05) is 35.6 Å². The van der Waals surface area contributed by atoms with Crippen LogP contribution in [0.3, 0.4) is 0 Å². The molecule has 0 saturated carbocycles. The lowest BCUT2D eigenvalue weighted by molar-refractivity contribution is 0.648. The monoisotopic (exact) mass is 261 g/mol. The maximum absolute atomic E-state index is 5.73. The Morgan fingerprint density at radius 1 is 1.39 bits per heavy atom. The van der Waals surface area contributed by atoms with Crippen LogP contribution in [0.15, 0.2) is 17.8 Å². The molecule has 3 aromatic heterocycles. The van der Waals surface area contributed by atoms with E-state index in [-0.39, 0.29) is 0 Å². The molecule has 0 saturated heterocycles. The maximum Gasteiger partial charge on any atom is 0.193 e. The Morgan fingerprint density at radius 3 is 2.89 bits per heavy atom. The molecule has 0 fully saturated rings. The SMILES string of the molecule is Cc1nn(Cc2cn3ccsc3n2)c(C)c1CN. The number of hydrogen-bond acceptors (Lipinski definition) is 4. The van der Waals surface area contributed by atoms with Gasteiger partial charge >= 0.3 is 0 Å². The van der Waals surface area contributed by atoms with Gasteiger partial charge < -0.3 is 5.73 Å². The molecule has 0 radical (unpaired) electrons. The standard InChI is InChI=1S/C12H15N5S/c1-8-11(5-13)9(2)17(15-8)7-10-6-16-3-4-18-12(16)14-10/h3-4,6H,5,7,13H2,1-2H3. The van der Waals surface area contributed by atoms with E-state index in [0.29, 0.717) is 13.1 Å². The molecule has 0 amide bonds. The quantitative estimate of drug-likeness (QED) is 0.781. The molecule has 0 spiro atoms. The van der Waals surface area contributed by atoms with Gasteiger partial charge in [0.25, 0.3) is 0 Å². The molecule has 0 aromatic carbocycles. The van der Waals surface area contributed by atoms with Crippen molar-refractivity contribution in [1.82, 2.24) is 19.2 Å². The topological polar surface area (TPSA) is 61.1 Å². The van der Waals surface area contributed by atoms with Crippen molar-refractivity contribution in [2.75, 3.05) is 0 Å². The van der Waals surface area contributed by atoms with Crippen LogP contribution < -0.4 is 5.73 Å². The predicted molar refractivity (Wildman–Crippen MR) is 71.8 cm³/mol. The highest BCUT2D eigenvalue weighted by Crippen LogP contribution is 2.16. The predicted octanol–water partition coefficient (Wildman–Crippen LogP) is 1.72. The van der Waals surface area contributed by atoms with Crippen molar-refractivity contribution >= 4 is 16.3 Å². The van der Waals surface area contributed by atoms with Crippen molar-refractivity contribution in [3.8, 4) is 0 Å². The summed E-state index contributed by atoms with van der Waals surface area (Å²) in [6.45, 7) is 5.29. The fraction of sp³-hybridized carbons (Fsp3) is 0.333. The number of nitrogens with two attached hydrogens (primary N) is 1. The first kappa shape index (κ1) is 11.4. The second-order valence-electron chi connectivity index (χ2n) is 4.34. The number of rotatable bonds is 3. The summed E-state index contributed by atoms with van der Waals surface area (Å²) in [6, 6.07) is 0. The Morgan fingerprint density at radius 2 is 2.22 bits per heavy atom. The normalized spacial score (nSPS) is 11.5. The highest BCUT2D eigenvalue weighted by atomic mass is 32.1. The van der Waals surface area contributed by atoms with Crippen LogP contribution in [-0.4, -0.2) is 19.2 Å². The zero-order chi connectivity index (χ0) is 12.7. The van der Waals surface area contributed by atoms with Crippen LogP contribution in [0.5, 0.6) is 0 Å². The molecule has 0 aliphatic rings. The largest absolute Gasteiger partial charge is 0.326 e. The van der Waals surface area contributed by atoms with Crippen molar-refractivity contribution in [2.45, 2.75) is 26.9 Å². The Hall–Kier alpha value is -1.66. The van der Waals surface area contributed by atoms with Crippen LogP contribution in [0, 0.1) is 13.8 Å².